The first-order valence-electron chi connectivity index (χ1n) is 9.94. The molecule has 3 aromatic rings. The molecule has 0 bridgehead atoms. The topological polar surface area (TPSA) is 74.7 Å². The highest BCUT2D eigenvalue weighted by Crippen LogP contribution is 2.31. The molecule has 0 spiro atoms. The minimum atomic E-state index is -0.160. The second kappa shape index (κ2) is 7.86. The zero-order valence-corrected chi connectivity index (χ0v) is 18.0. The summed E-state index contributed by atoms with van der Waals surface area (Å²) >= 11 is 7.18. The SMILES string of the molecule is O=C(N[C@@H]1CCN2C(=O)N(c3ccc(-n4ccccc4=O)cc3)CC12)c1ccc(Cl)s1. The van der Waals surface area contributed by atoms with Gasteiger partial charge in [0.1, 0.15) is 0 Å². The minimum Gasteiger partial charge on any atom is -0.346 e. The molecule has 1 unspecified atom stereocenters. The second-order valence-electron chi connectivity index (χ2n) is 7.55. The van der Waals surface area contributed by atoms with Crippen molar-refractivity contribution in [2.75, 3.05) is 18.0 Å². The maximum Gasteiger partial charge on any atom is 0.324 e. The molecular weight excluding hydrogens is 436 g/mol. The van der Waals surface area contributed by atoms with E-state index in [4.69, 9.17) is 11.6 Å². The van der Waals surface area contributed by atoms with Crippen molar-refractivity contribution in [2.24, 2.45) is 0 Å². The lowest BCUT2D eigenvalue weighted by Gasteiger charge is -2.20. The van der Waals surface area contributed by atoms with Crippen molar-refractivity contribution < 1.29 is 9.59 Å². The first-order chi connectivity index (χ1) is 15.0. The molecule has 1 aromatic carbocycles. The number of rotatable bonds is 4. The van der Waals surface area contributed by atoms with E-state index in [1.165, 1.54) is 17.4 Å². The molecule has 2 aromatic heterocycles. The van der Waals surface area contributed by atoms with Gasteiger partial charge in [-0.2, -0.15) is 0 Å². The van der Waals surface area contributed by atoms with Gasteiger partial charge in [-0.3, -0.25) is 19.1 Å². The summed E-state index contributed by atoms with van der Waals surface area (Å²) in [4.78, 5) is 41.6. The van der Waals surface area contributed by atoms with E-state index in [0.717, 1.165) is 17.8 Å². The Kier molecular flexibility index (Phi) is 5.03. The van der Waals surface area contributed by atoms with Crippen LogP contribution in [0.25, 0.3) is 5.69 Å². The fraction of sp³-hybridized carbons (Fsp3) is 0.227. The summed E-state index contributed by atoms with van der Waals surface area (Å²) in [6.07, 6.45) is 2.44. The maximum atomic E-state index is 13.0. The van der Waals surface area contributed by atoms with Crippen LogP contribution in [0.1, 0.15) is 16.1 Å². The number of carbonyl (C=O) groups is 2. The number of hydrogen-bond donors (Lipinski definition) is 1. The molecule has 2 aliphatic rings. The number of amides is 3. The first kappa shape index (κ1) is 19.8. The third kappa shape index (κ3) is 3.62. The first-order valence-corrected chi connectivity index (χ1v) is 11.1. The summed E-state index contributed by atoms with van der Waals surface area (Å²) in [5, 5.41) is 3.06. The fourth-order valence-electron chi connectivity index (χ4n) is 4.23. The highest BCUT2D eigenvalue weighted by molar-refractivity contribution is 7.18. The Labute approximate surface area is 187 Å². The number of pyridine rings is 1. The number of thiophene rings is 1. The molecule has 4 heterocycles. The van der Waals surface area contributed by atoms with Gasteiger partial charge in [0.15, 0.2) is 0 Å². The Hall–Kier alpha value is -3.10. The number of fused-ring (bicyclic) bond motifs is 1. The number of anilines is 1. The van der Waals surface area contributed by atoms with E-state index in [0.29, 0.717) is 22.3 Å². The predicted molar refractivity (Wildman–Crippen MR) is 120 cm³/mol. The third-order valence-electron chi connectivity index (χ3n) is 5.77. The summed E-state index contributed by atoms with van der Waals surface area (Å²) in [5.74, 6) is -0.160. The van der Waals surface area contributed by atoms with Crippen molar-refractivity contribution in [2.45, 2.75) is 18.5 Å². The quantitative estimate of drug-likeness (QED) is 0.656. The van der Waals surface area contributed by atoms with Crippen molar-refractivity contribution in [1.29, 1.82) is 0 Å². The van der Waals surface area contributed by atoms with Gasteiger partial charge in [0.2, 0.25) is 0 Å². The van der Waals surface area contributed by atoms with Crippen LogP contribution in [0.2, 0.25) is 4.34 Å². The maximum absolute atomic E-state index is 13.0. The number of urea groups is 1. The molecule has 3 amide bonds. The van der Waals surface area contributed by atoms with Gasteiger partial charge in [-0.15, -0.1) is 11.3 Å². The van der Waals surface area contributed by atoms with Gasteiger partial charge in [0.05, 0.1) is 27.8 Å². The van der Waals surface area contributed by atoms with Crippen molar-refractivity contribution in [3.05, 3.63) is 80.4 Å². The standard InChI is InChI=1S/C22H19ClN4O3S/c23-19-9-8-18(31-19)21(29)24-16-10-12-26-17(16)13-27(22(26)30)15-6-4-14(5-7-15)25-11-2-1-3-20(25)28/h1-9,11,16-17H,10,12-13H2,(H,24,29)/t16-,17?/m1/s1. The molecule has 0 saturated carbocycles. The van der Waals surface area contributed by atoms with E-state index < -0.39 is 0 Å². The molecule has 0 radical (unpaired) electrons. The number of hydrogen-bond acceptors (Lipinski definition) is 4. The second-order valence-corrected chi connectivity index (χ2v) is 9.27. The molecular formula is C22H19ClN4O3S. The van der Waals surface area contributed by atoms with Crippen LogP contribution in [0.3, 0.4) is 0 Å². The molecule has 2 fully saturated rings. The number of nitrogens with zero attached hydrogens (tertiary/aromatic N) is 3. The molecule has 1 N–H and O–H groups in total. The molecule has 9 heteroatoms. The van der Waals surface area contributed by atoms with Gasteiger partial charge in [-0.05, 0) is 48.9 Å². The summed E-state index contributed by atoms with van der Waals surface area (Å²) in [5.41, 5.74) is 1.39. The highest BCUT2D eigenvalue weighted by atomic mass is 35.5. The molecule has 2 atom stereocenters. The smallest absolute Gasteiger partial charge is 0.324 e. The summed E-state index contributed by atoms with van der Waals surface area (Å²) in [7, 11) is 0. The molecule has 158 valence electrons. The van der Waals surface area contributed by atoms with Crippen molar-refractivity contribution in [3.8, 4) is 5.69 Å². The van der Waals surface area contributed by atoms with Crippen LogP contribution in [0, 0.1) is 0 Å². The van der Waals surface area contributed by atoms with Crippen molar-refractivity contribution in [3.63, 3.8) is 0 Å². The Morgan fingerprint density at radius 3 is 2.52 bits per heavy atom. The molecule has 0 aliphatic carbocycles. The minimum absolute atomic E-state index is 0.0643. The van der Waals surface area contributed by atoms with Crippen LogP contribution >= 0.6 is 22.9 Å². The number of benzene rings is 1. The van der Waals surface area contributed by atoms with Crippen LogP contribution < -0.4 is 15.8 Å². The van der Waals surface area contributed by atoms with Crippen LogP contribution in [-0.4, -0.2) is 46.6 Å². The predicted octanol–water partition coefficient (Wildman–Crippen LogP) is 3.37. The zero-order valence-electron chi connectivity index (χ0n) is 16.4. The van der Waals surface area contributed by atoms with E-state index in [9.17, 15) is 14.4 Å². The molecule has 2 saturated heterocycles. The van der Waals surface area contributed by atoms with Crippen LogP contribution in [-0.2, 0) is 0 Å². The zero-order chi connectivity index (χ0) is 21.5. The molecule has 31 heavy (non-hydrogen) atoms. The lowest BCUT2D eigenvalue weighted by molar-refractivity contribution is 0.0935. The monoisotopic (exact) mass is 454 g/mol. The van der Waals surface area contributed by atoms with Crippen LogP contribution in [0.4, 0.5) is 10.5 Å². The number of aromatic nitrogens is 1. The number of halogens is 1. The lowest BCUT2D eigenvalue weighted by Crippen LogP contribution is -2.44. The van der Waals surface area contributed by atoms with Gasteiger partial charge < -0.3 is 10.2 Å². The van der Waals surface area contributed by atoms with Gasteiger partial charge >= 0.3 is 6.03 Å². The normalized spacial score (nSPS) is 20.2. The van der Waals surface area contributed by atoms with E-state index in [2.05, 4.69) is 5.32 Å². The summed E-state index contributed by atoms with van der Waals surface area (Å²) in [6.45, 7) is 1.10. The van der Waals surface area contributed by atoms with Crippen molar-refractivity contribution in [1.82, 2.24) is 14.8 Å². The summed E-state index contributed by atoms with van der Waals surface area (Å²) < 4.78 is 2.12. The van der Waals surface area contributed by atoms with Crippen LogP contribution in [0.15, 0.2) is 65.6 Å². The van der Waals surface area contributed by atoms with Crippen molar-refractivity contribution >= 4 is 40.6 Å². The Morgan fingerprint density at radius 1 is 1.03 bits per heavy atom. The van der Waals surface area contributed by atoms with Gasteiger partial charge in [0.25, 0.3) is 11.5 Å². The average Bonchev–Trinajstić information content (AvgIpc) is 3.46. The summed E-state index contributed by atoms with van der Waals surface area (Å²) in [6, 6.07) is 15.5. The Morgan fingerprint density at radius 2 is 1.81 bits per heavy atom. The lowest BCUT2D eigenvalue weighted by atomic mass is 10.1. The Balaban J connectivity index is 1.31. The van der Waals surface area contributed by atoms with E-state index in [1.807, 2.05) is 29.2 Å². The molecule has 7 nitrogen and oxygen atoms in total. The number of nitrogens with one attached hydrogen (secondary N) is 1. The molecule has 2 aliphatic heterocycles. The third-order valence-corrected chi connectivity index (χ3v) is 7.00. The van der Waals surface area contributed by atoms with E-state index in [1.54, 1.807) is 39.9 Å². The largest absolute Gasteiger partial charge is 0.346 e. The van der Waals surface area contributed by atoms with Gasteiger partial charge in [-0.1, -0.05) is 17.7 Å². The van der Waals surface area contributed by atoms with E-state index >= 15 is 0 Å². The highest BCUT2D eigenvalue weighted by Gasteiger charge is 2.46. The van der Waals surface area contributed by atoms with Crippen LogP contribution in [0.5, 0.6) is 0 Å². The Bertz CT molecular complexity index is 1210. The molecule has 5 rings (SSSR count). The fourth-order valence-corrected chi connectivity index (χ4v) is 5.18. The van der Waals surface area contributed by atoms with Gasteiger partial charge in [0, 0.05) is 30.2 Å². The van der Waals surface area contributed by atoms with Gasteiger partial charge in [-0.25, -0.2) is 4.79 Å². The average molecular weight is 455 g/mol. The van der Waals surface area contributed by atoms with E-state index in [-0.39, 0.29) is 29.6 Å². The number of carbonyl (C=O) groups excluding carboxylic acids is 2.